The molecule has 0 aliphatic heterocycles. The van der Waals surface area contributed by atoms with E-state index in [2.05, 4.69) is 11.2 Å². The zero-order valence-corrected chi connectivity index (χ0v) is 7.67. The highest BCUT2D eigenvalue weighted by molar-refractivity contribution is 8.04. The first-order valence-corrected chi connectivity index (χ1v) is 4.67. The third kappa shape index (κ3) is 4.24. The summed E-state index contributed by atoms with van der Waals surface area (Å²) in [5, 5.41) is 11.0. The summed E-state index contributed by atoms with van der Waals surface area (Å²) in [6, 6.07) is 9.47. The Morgan fingerprint density at radius 2 is 2.08 bits per heavy atom. The number of carboxylic acids is 1. The third-order valence-electron chi connectivity index (χ3n) is 1.24. The molecule has 0 unspecified atom stereocenters. The summed E-state index contributed by atoms with van der Waals surface area (Å²) >= 11 is 1.10. The van der Waals surface area contributed by atoms with Crippen LogP contribution in [-0.2, 0) is 4.79 Å². The van der Waals surface area contributed by atoms with Gasteiger partial charge in [0.05, 0.1) is 0 Å². The molecule has 0 saturated heterocycles. The molecule has 2 nitrogen and oxygen atoms in total. The van der Waals surface area contributed by atoms with Crippen molar-refractivity contribution in [3.8, 4) is 11.2 Å². The van der Waals surface area contributed by atoms with Gasteiger partial charge in [-0.1, -0.05) is 35.9 Å². The molecule has 1 N–H and O–H groups in total. The van der Waals surface area contributed by atoms with Crippen LogP contribution in [-0.4, -0.2) is 16.8 Å². The summed E-state index contributed by atoms with van der Waals surface area (Å²) in [7, 11) is 0. The molecule has 0 heterocycles. The number of benzene rings is 1. The monoisotopic (exact) mass is 192 g/mol. The fourth-order valence-corrected chi connectivity index (χ4v) is 1.10. The van der Waals surface area contributed by atoms with Gasteiger partial charge in [0.1, 0.15) is 5.75 Å². The van der Waals surface area contributed by atoms with E-state index in [1.807, 2.05) is 30.3 Å². The Hall–Kier alpha value is -1.40. The molecule has 66 valence electrons. The predicted molar refractivity (Wildman–Crippen MR) is 53.4 cm³/mol. The molecule has 0 spiro atoms. The van der Waals surface area contributed by atoms with Crippen LogP contribution in [0.3, 0.4) is 0 Å². The standard InChI is InChI=1S/C10H8O2S/c11-10(12)8-13-7-6-9-4-2-1-3-5-9/h1-5H,8H2,(H,11,12). The fourth-order valence-electron chi connectivity index (χ4n) is 0.714. The van der Waals surface area contributed by atoms with Gasteiger partial charge in [-0.2, -0.15) is 0 Å². The molecular formula is C10H8O2S. The van der Waals surface area contributed by atoms with Crippen molar-refractivity contribution in [3.63, 3.8) is 0 Å². The predicted octanol–water partition coefficient (Wildman–Crippen LogP) is 1.81. The number of carbonyl (C=O) groups is 1. The average molecular weight is 192 g/mol. The van der Waals surface area contributed by atoms with Crippen molar-refractivity contribution in [2.75, 3.05) is 5.75 Å². The summed E-state index contributed by atoms with van der Waals surface area (Å²) in [5.41, 5.74) is 0.903. The second kappa shape index (κ2) is 5.28. The van der Waals surface area contributed by atoms with Crippen molar-refractivity contribution in [1.29, 1.82) is 0 Å². The first-order valence-electron chi connectivity index (χ1n) is 3.68. The molecule has 1 rings (SSSR count). The Morgan fingerprint density at radius 1 is 1.38 bits per heavy atom. The van der Waals surface area contributed by atoms with Gasteiger partial charge in [0.15, 0.2) is 0 Å². The number of rotatable bonds is 2. The summed E-state index contributed by atoms with van der Waals surface area (Å²) in [5.74, 6) is 2.04. The van der Waals surface area contributed by atoms with Gasteiger partial charge in [0.2, 0.25) is 0 Å². The number of hydrogen-bond donors (Lipinski definition) is 1. The Bertz CT molecular complexity index is 335. The van der Waals surface area contributed by atoms with Gasteiger partial charge in [-0.25, -0.2) is 0 Å². The van der Waals surface area contributed by atoms with Crippen LogP contribution in [0.25, 0.3) is 0 Å². The van der Waals surface area contributed by atoms with Crippen LogP contribution in [0, 0.1) is 11.2 Å². The highest BCUT2D eigenvalue weighted by atomic mass is 32.2. The van der Waals surface area contributed by atoms with Crippen LogP contribution in [0.15, 0.2) is 30.3 Å². The Kier molecular flexibility index (Phi) is 3.94. The van der Waals surface area contributed by atoms with Crippen molar-refractivity contribution < 1.29 is 9.90 Å². The largest absolute Gasteiger partial charge is 0.481 e. The molecular weight excluding hydrogens is 184 g/mol. The molecule has 0 radical (unpaired) electrons. The lowest BCUT2D eigenvalue weighted by Crippen LogP contribution is -1.95. The first kappa shape index (κ1) is 9.69. The first-order chi connectivity index (χ1) is 6.29. The maximum absolute atomic E-state index is 10.1. The second-order valence-corrected chi connectivity index (χ2v) is 3.06. The fraction of sp³-hybridized carbons (Fsp3) is 0.100. The minimum Gasteiger partial charge on any atom is -0.481 e. The van der Waals surface area contributed by atoms with E-state index in [0.29, 0.717) is 0 Å². The molecule has 0 aromatic heterocycles. The Labute approximate surface area is 81.0 Å². The molecule has 0 fully saturated rings. The Morgan fingerprint density at radius 3 is 2.69 bits per heavy atom. The van der Waals surface area contributed by atoms with E-state index in [4.69, 9.17) is 5.11 Å². The smallest absolute Gasteiger partial charge is 0.314 e. The zero-order valence-electron chi connectivity index (χ0n) is 6.86. The van der Waals surface area contributed by atoms with Crippen LogP contribution >= 0.6 is 11.8 Å². The lowest BCUT2D eigenvalue weighted by molar-refractivity contribution is -0.133. The van der Waals surface area contributed by atoms with E-state index in [-0.39, 0.29) is 5.75 Å². The summed E-state index contributed by atoms with van der Waals surface area (Å²) < 4.78 is 0. The van der Waals surface area contributed by atoms with Gasteiger partial charge < -0.3 is 5.11 Å². The average Bonchev–Trinajstić information content (AvgIpc) is 2.14. The van der Waals surface area contributed by atoms with Gasteiger partial charge in [0.25, 0.3) is 0 Å². The maximum Gasteiger partial charge on any atom is 0.314 e. The molecule has 1 aromatic rings. The van der Waals surface area contributed by atoms with E-state index in [9.17, 15) is 4.79 Å². The normalized spacial score (nSPS) is 8.62. The second-order valence-electron chi connectivity index (χ2n) is 2.28. The summed E-state index contributed by atoms with van der Waals surface area (Å²) in [4.78, 5) is 10.1. The highest BCUT2D eigenvalue weighted by Crippen LogP contribution is 1.99. The third-order valence-corrected chi connectivity index (χ3v) is 1.87. The highest BCUT2D eigenvalue weighted by Gasteiger charge is 1.91. The topological polar surface area (TPSA) is 37.3 Å². The van der Waals surface area contributed by atoms with Gasteiger partial charge in [-0.05, 0) is 17.4 Å². The minimum absolute atomic E-state index is 0.0276. The number of hydrogen-bond acceptors (Lipinski definition) is 2. The van der Waals surface area contributed by atoms with Crippen LogP contribution in [0.2, 0.25) is 0 Å². The lowest BCUT2D eigenvalue weighted by atomic mass is 10.2. The molecule has 0 atom stereocenters. The van der Waals surface area contributed by atoms with Crippen molar-refractivity contribution in [3.05, 3.63) is 35.9 Å². The molecule has 0 bridgehead atoms. The van der Waals surface area contributed by atoms with Crippen molar-refractivity contribution >= 4 is 17.7 Å². The molecule has 0 aliphatic rings. The lowest BCUT2D eigenvalue weighted by Gasteiger charge is -1.86. The van der Waals surface area contributed by atoms with Crippen molar-refractivity contribution in [2.45, 2.75) is 0 Å². The quantitative estimate of drug-likeness (QED) is 0.726. The molecule has 0 amide bonds. The molecule has 0 aliphatic carbocycles. The molecule has 13 heavy (non-hydrogen) atoms. The van der Waals surface area contributed by atoms with Crippen LogP contribution in [0.1, 0.15) is 5.56 Å². The van der Waals surface area contributed by atoms with Crippen LogP contribution in [0.4, 0.5) is 0 Å². The van der Waals surface area contributed by atoms with Crippen molar-refractivity contribution in [2.24, 2.45) is 0 Å². The minimum atomic E-state index is -0.840. The van der Waals surface area contributed by atoms with Gasteiger partial charge in [0, 0.05) is 5.56 Å². The van der Waals surface area contributed by atoms with E-state index in [1.165, 1.54) is 0 Å². The number of carboxylic acid groups (broad SMARTS) is 1. The Balaban J connectivity index is 2.44. The van der Waals surface area contributed by atoms with Crippen LogP contribution in [0.5, 0.6) is 0 Å². The molecule has 1 aromatic carbocycles. The van der Waals surface area contributed by atoms with E-state index < -0.39 is 5.97 Å². The molecule has 0 saturated carbocycles. The van der Waals surface area contributed by atoms with Gasteiger partial charge in [-0.3, -0.25) is 4.79 Å². The zero-order chi connectivity index (χ0) is 9.52. The van der Waals surface area contributed by atoms with Gasteiger partial charge >= 0.3 is 5.97 Å². The van der Waals surface area contributed by atoms with E-state index in [0.717, 1.165) is 17.3 Å². The van der Waals surface area contributed by atoms with Crippen LogP contribution < -0.4 is 0 Å². The number of thioether (sulfide) groups is 1. The van der Waals surface area contributed by atoms with Crippen molar-refractivity contribution in [1.82, 2.24) is 0 Å². The maximum atomic E-state index is 10.1. The SMILES string of the molecule is O=C(O)CSC#Cc1ccccc1. The number of aliphatic carboxylic acids is 1. The van der Waals surface area contributed by atoms with E-state index in [1.54, 1.807) is 0 Å². The van der Waals surface area contributed by atoms with E-state index >= 15 is 0 Å². The van der Waals surface area contributed by atoms with Gasteiger partial charge in [-0.15, -0.1) is 0 Å². The summed E-state index contributed by atoms with van der Waals surface area (Å²) in [6.07, 6.45) is 0. The summed E-state index contributed by atoms with van der Waals surface area (Å²) in [6.45, 7) is 0. The molecule has 3 heteroatoms.